The molecule has 1 atom stereocenters. The first-order chi connectivity index (χ1) is 9.06. The number of carbonyl (C=O) groups is 1. The number of likely N-dealkylation sites (N-methyl/N-ethyl adjacent to an activating group) is 1. The summed E-state index contributed by atoms with van der Waals surface area (Å²) in [7, 11) is 2.06. The third-order valence-corrected chi connectivity index (χ3v) is 3.65. The Morgan fingerprint density at radius 1 is 1.53 bits per heavy atom. The fraction of sp³-hybridized carbons (Fsp3) is 0.385. The number of nitrogens with zero attached hydrogens (tertiary/aromatic N) is 3. The van der Waals surface area contributed by atoms with Crippen LogP contribution in [0.5, 0.6) is 0 Å². The fourth-order valence-corrected chi connectivity index (χ4v) is 2.72. The predicted molar refractivity (Wildman–Crippen MR) is 71.4 cm³/mol. The van der Waals surface area contributed by atoms with Crippen molar-refractivity contribution >= 4 is 17.2 Å². The normalized spacial score (nSPS) is 20.2. The zero-order chi connectivity index (χ0) is 13.6. The summed E-state index contributed by atoms with van der Waals surface area (Å²) in [6.07, 6.45) is 2.74. The van der Waals surface area contributed by atoms with Crippen LogP contribution in [0.15, 0.2) is 18.3 Å². The summed E-state index contributed by atoms with van der Waals surface area (Å²) in [5, 5.41) is 9.24. The van der Waals surface area contributed by atoms with Gasteiger partial charge in [0.15, 0.2) is 5.69 Å². The molecular formula is C13H16N4O2. The largest absolute Gasteiger partial charge is 0.476 e. The predicted octanol–water partition coefficient (Wildman–Crippen LogP) is 1.03. The molecular weight excluding hydrogens is 244 g/mol. The van der Waals surface area contributed by atoms with Gasteiger partial charge in [-0.25, -0.2) is 9.78 Å². The summed E-state index contributed by atoms with van der Waals surface area (Å²) in [4.78, 5) is 17.8. The number of fused-ring (bicyclic) bond motifs is 1. The lowest BCUT2D eigenvalue weighted by atomic mass is 10.1. The third kappa shape index (κ3) is 1.94. The van der Waals surface area contributed by atoms with Crippen molar-refractivity contribution in [2.45, 2.75) is 12.3 Å². The van der Waals surface area contributed by atoms with Crippen molar-refractivity contribution in [3.8, 4) is 0 Å². The van der Waals surface area contributed by atoms with Crippen molar-refractivity contribution in [3.05, 3.63) is 29.8 Å². The molecule has 0 aliphatic carbocycles. The molecule has 1 unspecified atom stereocenters. The number of aromatic nitrogens is 2. The Hall–Kier alpha value is -2.08. The summed E-state index contributed by atoms with van der Waals surface area (Å²) in [5.74, 6) is 0.0522. The molecule has 0 amide bonds. The minimum absolute atomic E-state index is 0.101. The molecule has 100 valence electrons. The Labute approximate surface area is 110 Å². The van der Waals surface area contributed by atoms with Gasteiger partial charge in [0.1, 0.15) is 5.82 Å². The van der Waals surface area contributed by atoms with E-state index in [4.69, 9.17) is 5.73 Å². The topological polar surface area (TPSA) is 83.9 Å². The van der Waals surface area contributed by atoms with E-state index in [2.05, 4.69) is 16.9 Å². The van der Waals surface area contributed by atoms with Gasteiger partial charge < -0.3 is 20.1 Å². The maximum atomic E-state index is 11.3. The van der Waals surface area contributed by atoms with E-state index in [1.807, 2.05) is 4.40 Å². The van der Waals surface area contributed by atoms with Gasteiger partial charge in [-0.1, -0.05) is 0 Å². The highest BCUT2D eigenvalue weighted by Gasteiger charge is 2.27. The maximum absolute atomic E-state index is 11.3. The van der Waals surface area contributed by atoms with Crippen LogP contribution < -0.4 is 5.73 Å². The van der Waals surface area contributed by atoms with Gasteiger partial charge in [0.2, 0.25) is 0 Å². The van der Waals surface area contributed by atoms with Crippen LogP contribution in [0.1, 0.15) is 28.7 Å². The zero-order valence-corrected chi connectivity index (χ0v) is 10.7. The number of anilines is 1. The second-order valence-corrected chi connectivity index (χ2v) is 5.09. The zero-order valence-electron chi connectivity index (χ0n) is 10.7. The molecule has 0 aromatic carbocycles. The summed E-state index contributed by atoms with van der Waals surface area (Å²) in [5.41, 5.74) is 7.11. The van der Waals surface area contributed by atoms with Crippen molar-refractivity contribution in [1.82, 2.24) is 14.3 Å². The number of likely N-dealkylation sites (tertiary alicyclic amines) is 1. The van der Waals surface area contributed by atoms with Gasteiger partial charge in [-0.2, -0.15) is 0 Å². The van der Waals surface area contributed by atoms with Crippen molar-refractivity contribution in [1.29, 1.82) is 0 Å². The number of pyridine rings is 1. The van der Waals surface area contributed by atoms with E-state index in [-0.39, 0.29) is 11.6 Å². The van der Waals surface area contributed by atoms with Gasteiger partial charge in [-0.05, 0) is 32.1 Å². The molecule has 1 aliphatic heterocycles. The number of carboxylic acid groups (broad SMARTS) is 1. The first kappa shape index (κ1) is 12.0. The van der Waals surface area contributed by atoms with E-state index in [0.29, 0.717) is 11.2 Å². The van der Waals surface area contributed by atoms with E-state index >= 15 is 0 Å². The van der Waals surface area contributed by atoms with Crippen LogP contribution in [-0.2, 0) is 0 Å². The lowest BCUT2D eigenvalue weighted by Crippen LogP contribution is -2.14. The van der Waals surface area contributed by atoms with Crippen LogP contribution in [0.3, 0.4) is 0 Å². The van der Waals surface area contributed by atoms with Crippen LogP contribution in [0.25, 0.3) is 5.52 Å². The molecule has 6 heteroatoms. The fourth-order valence-electron chi connectivity index (χ4n) is 2.72. The lowest BCUT2D eigenvalue weighted by Gasteiger charge is -2.09. The van der Waals surface area contributed by atoms with Gasteiger partial charge >= 0.3 is 5.97 Å². The highest BCUT2D eigenvalue weighted by Crippen LogP contribution is 2.28. The average Bonchev–Trinajstić information content (AvgIpc) is 2.92. The average molecular weight is 260 g/mol. The minimum Gasteiger partial charge on any atom is -0.476 e. The number of hydrogen-bond acceptors (Lipinski definition) is 4. The molecule has 0 radical (unpaired) electrons. The number of nitrogens with two attached hydrogens (primary N) is 1. The number of imidazole rings is 1. The Morgan fingerprint density at radius 2 is 2.32 bits per heavy atom. The van der Waals surface area contributed by atoms with Crippen LogP contribution >= 0.6 is 0 Å². The molecule has 2 aromatic heterocycles. The molecule has 1 saturated heterocycles. The number of carboxylic acids is 1. The van der Waals surface area contributed by atoms with Crippen LogP contribution in [0.4, 0.5) is 5.69 Å². The van der Waals surface area contributed by atoms with E-state index in [9.17, 15) is 9.90 Å². The molecule has 0 spiro atoms. The quantitative estimate of drug-likeness (QED) is 0.842. The molecule has 19 heavy (non-hydrogen) atoms. The highest BCUT2D eigenvalue weighted by atomic mass is 16.4. The van der Waals surface area contributed by atoms with Crippen molar-refractivity contribution in [2.75, 3.05) is 25.9 Å². The number of nitrogen functional groups attached to an aromatic ring is 1. The first-order valence-electron chi connectivity index (χ1n) is 6.25. The Bertz CT molecular complexity index is 649. The second-order valence-electron chi connectivity index (χ2n) is 5.09. The van der Waals surface area contributed by atoms with Gasteiger partial charge in [0.25, 0.3) is 0 Å². The van der Waals surface area contributed by atoms with Crippen LogP contribution in [0, 0.1) is 0 Å². The molecule has 1 fully saturated rings. The first-order valence-corrected chi connectivity index (χ1v) is 6.25. The number of rotatable bonds is 2. The summed E-state index contributed by atoms with van der Waals surface area (Å²) < 4.78 is 1.82. The Kier molecular flexibility index (Phi) is 2.67. The molecule has 2 aromatic rings. The molecule has 3 heterocycles. The molecule has 1 aliphatic rings. The summed E-state index contributed by atoms with van der Waals surface area (Å²) >= 11 is 0. The maximum Gasteiger partial charge on any atom is 0.356 e. The van der Waals surface area contributed by atoms with E-state index < -0.39 is 5.97 Å². The SMILES string of the molecule is CN1CCC(c2nc(C(=O)O)c3ccc(N)cn23)C1. The molecule has 6 nitrogen and oxygen atoms in total. The minimum atomic E-state index is -1.00. The number of hydrogen-bond donors (Lipinski definition) is 2. The molecule has 3 N–H and O–H groups in total. The molecule has 3 rings (SSSR count). The van der Waals surface area contributed by atoms with E-state index in [0.717, 1.165) is 25.3 Å². The number of aromatic carboxylic acids is 1. The standard InChI is InChI=1S/C13H16N4O2/c1-16-5-4-8(6-16)12-15-11(13(18)19)10-3-2-9(14)7-17(10)12/h2-3,7-8H,4-6,14H2,1H3,(H,18,19). The third-order valence-electron chi connectivity index (χ3n) is 3.65. The van der Waals surface area contributed by atoms with Gasteiger partial charge in [0, 0.05) is 24.3 Å². The van der Waals surface area contributed by atoms with Gasteiger partial charge in [-0.3, -0.25) is 0 Å². The second kappa shape index (κ2) is 4.24. The van der Waals surface area contributed by atoms with E-state index in [1.54, 1.807) is 18.3 Å². The summed E-state index contributed by atoms with van der Waals surface area (Å²) in [6, 6.07) is 3.42. The monoisotopic (exact) mass is 260 g/mol. The lowest BCUT2D eigenvalue weighted by molar-refractivity contribution is 0.0693. The van der Waals surface area contributed by atoms with Gasteiger partial charge in [0.05, 0.1) is 5.52 Å². The van der Waals surface area contributed by atoms with Gasteiger partial charge in [-0.15, -0.1) is 0 Å². The smallest absolute Gasteiger partial charge is 0.356 e. The van der Waals surface area contributed by atoms with E-state index in [1.165, 1.54) is 0 Å². The van der Waals surface area contributed by atoms with Crippen LogP contribution in [-0.4, -0.2) is 45.5 Å². The summed E-state index contributed by atoms with van der Waals surface area (Å²) in [6.45, 7) is 1.90. The van der Waals surface area contributed by atoms with Crippen molar-refractivity contribution < 1.29 is 9.90 Å². The molecule has 0 bridgehead atoms. The van der Waals surface area contributed by atoms with Crippen molar-refractivity contribution in [3.63, 3.8) is 0 Å². The van der Waals surface area contributed by atoms with Crippen molar-refractivity contribution in [2.24, 2.45) is 0 Å². The Balaban J connectivity index is 2.18. The van der Waals surface area contributed by atoms with Crippen LogP contribution in [0.2, 0.25) is 0 Å². The highest BCUT2D eigenvalue weighted by molar-refractivity contribution is 5.93. The Morgan fingerprint density at radius 3 is 2.95 bits per heavy atom. The molecule has 0 saturated carbocycles.